The highest BCUT2D eigenvalue weighted by Gasteiger charge is 2.50. The van der Waals surface area contributed by atoms with Crippen molar-refractivity contribution in [2.45, 2.75) is 122 Å². The van der Waals surface area contributed by atoms with Crippen LogP contribution in [0, 0.1) is 17.8 Å². The average Bonchev–Trinajstić information content (AvgIpc) is 2.82. The van der Waals surface area contributed by atoms with Crippen molar-refractivity contribution in [1.29, 1.82) is 0 Å². The lowest BCUT2D eigenvalue weighted by atomic mass is 9.71. The highest BCUT2D eigenvalue weighted by Crippen LogP contribution is 2.44. The Hall–Kier alpha value is -1.73. The van der Waals surface area contributed by atoms with E-state index in [1.807, 2.05) is 19.1 Å². The van der Waals surface area contributed by atoms with Crippen LogP contribution in [0.5, 0.6) is 0 Å². The van der Waals surface area contributed by atoms with Crippen molar-refractivity contribution in [2.75, 3.05) is 0 Å². The van der Waals surface area contributed by atoms with Gasteiger partial charge in [-0.25, -0.2) is 0 Å². The van der Waals surface area contributed by atoms with E-state index in [0.717, 1.165) is 25.7 Å². The molecule has 2 bridgehead atoms. The molecule has 9 atom stereocenters. The maximum Gasteiger partial charge on any atom is 0.316 e. The van der Waals surface area contributed by atoms with E-state index in [1.165, 1.54) is 5.57 Å². The minimum absolute atomic E-state index is 0.0571. The molecule has 4 aliphatic rings. The molecule has 206 valence electrons. The minimum Gasteiger partial charge on any atom is -0.462 e. The third kappa shape index (κ3) is 6.30. The molecule has 6 nitrogen and oxygen atoms in total. The average molecular weight is 515 g/mol. The Labute approximate surface area is 222 Å². The van der Waals surface area contributed by atoms with Gasteiger partial charge in [0.25, 0.3) is 0 Å². The van der Waals surface area contributed by atoms with E-state index in [1.54, 1.807) is 13.0 Å². The van der Waals surface area contributed by atoms with Crippen LogP contribution >= 0.6 is 0 Å². The molecular weight excluding hydrogens is 468 g/mol. The zero-order valence-electron chi connectivity index (χ0n) is 23.4. The van der Waals surface area contributed by atoms with Gasteiger partial charge in [-0.2, -0.15) is 0 Å². The summed E-state index contributed by atoms with van der Waals surface area (Å²) in [5, 5.41) is 22.4. The second-order valence-electron chi connectivity index (χ2n) is 12.2. The fourth-order valence-corrected chi connectivity index (χ4v) is 6.32. The number of rotatable bonds is 0. The fourth-order valence-electron chi connectivity index (χ4n) is 6.32. The SMILES string of the molecule is CC1=CC[C@@H]2C[C@@H](C[C@]3(CC[C@H](C)[C@@H](C)O3)O2)OC(=O)[C@@H]2C=C(C)[C@@H](O)C[C@@]2(O)C(C)=CC=C[C@H](C)C1. The number of esters is 1. The lowest BCUT2D eigenvalue weighted by Gasteiger charge is -2.49. The normalized spacial score (nSPS) is 43.8. The summed E-state index contributed by atoms with van der Waals surface area (Å²) in [5.41, 5.74) is 1.09. The maximum absolute atomic E-state index is 13.7. The van der Waals surface area contributed by atoms with Crippen LogP contribution in [-0.4, -0.2) is 52.0 Å². The molecule has 6 heteroatoms. The third-order valence-electron chi connectivity index (χ3n) is 8.98. The van der Waals surface area contributed by atoms with E-state index >= 15 is 0 Å². The molecule has 0 amide bonds. The number of aliphatic hydroxyl groups excluding tert-OH is 1. The van der Waals surface area contributed by atoms with Crippen molar-refractivity contribution in [3.8, 4) is 0 Å². The molecule has 1 aliphatic carbocycles. The van der Waals surface area contributed by atoms with Gasteiger partial charge in [-0.3, -0.25) is 4.79 Å². The van der Waals surface area contributed by atoms with Gasteiger partial charge in [0, 0.05) is 25.7 Å². The third-order valence-corrected chi connectivity index (χ3v) is 8.98. The van der Waals surface area contributed by atoms with Crippen LogP contribution in [0.15, 0.2) is 47.1 Å². The summed E-state index contributed by atoms with van der Waals surface area (Å²) in [6, 6.07) is 0. The van der Waals surface area contributed by atoms with Crippen molar-refractivity contribution < 1.29 is 29.2 Å². The van der Waals surface area contributed by atoms with Crippen LogP contribution in [0.3, 0.4) is 0 Å². The monoisotopic (exact) mass is 514 g/mol. The first-order valence-electron chi connectivity index (χ1n) is 14.1. The second kappa shape index (κ2) is 11.2. The summed E-state index contributed by atoms with van der Waals surface area (Å²) in [7, 11) is 0. The van der Waals surface area contributed by atoms with Crippen molar-refractivity contribution in [3.05, 3.63) is 47.1 Å². The lowest BCUT2D eigenvalue weighted by molar-refractivity contribution is -0.332. The summed E-state index contributed by atoms with van der Waals surface area (Å²) in [5.74, 6) is -1.35. The summed E-state index contributed by atoms with van der Waals surface area (Å²) >= 11 is 0. The topological polar surface area (TPSA) is 85.2 Å². The molecule has 0 saturated carbocycles. The standard InChI is InChI=1S/C31H46O6/c1-19-8-7-9-23(5)31(34)18-28(32)22(4)15-27(31)29(33)35-26-16-25(11-10-20(2)14-19)37-30(17-26)13-12-21(3)24(6)36-30/h7-10,15,19,21,24-28,32,34H,11-14,16-18H2,1-6H3/t19-,21-,24+,25+,26-,27-,28-,30-,31+/m0/s1. The second-order valence-corrected chi connectivity index (χ2v) is 12.2. The molecule has 0 aromatic carbocycles. The van der Waals surface area contributed by atoms with Gasteiger partial charge in [-0.1, -0.05) is 49.8 Å². The number of carbonyl (C=O) groups is 1. The molecular formula is C31H46O6. The van der Waals surface area contributed by atoms with Gasteiger partial charge in [0.15, 0.2) is 5.79 Å². The first-order chi connectivity index (χ1) is 17.4. The van der Waals surface area contributed by atoms with E-state index in [2.05, 4.69) is 39.8 Å². The van der Waals surface area contributed by atoms with E-state index in [0.29, 0.717) is 35.8 Å². The van der Waals surface area contributed by atoms with Crippen LogP contribution in [0.25, 0.3) is 0 Å². The molecule has 1 spiro atoms. The highest BCUT2D eigenvalue weighted by atomic mass is 16.7. The number of aliphatic hydroxyl groups is 2. The molecule has 0 aromatic rings. The van der Waals surface area contributed by atoms with Gasteiger partial charge in [-0.05, 0) is 69.9 Å². The zero-order valence-corrected chi connectivity index (χ0v) is 23.4. The molecule has 0 radical (unpaired) electrons. The molecule has 2 N–H and O–H groups in total. The maximum atomic E-state index is 13.7. The van der Waals surface area contributed by atoms with Crippen LogP contribution in [0.4, 0.5) is 0 Å². The number of fused-ring (bicyclic) bond motifs is 3. The number of allylic oxidation sites excluding steroid dienone is 4. The van der Waals surface area contributed by atoms with Gasteiger partial charge in [0.05, 0.1) is 18.3 Å². The van der Waals surface area contributed by atoms with E-state index in [-0.39, 0.29) is 24.7 Å². The Kier molecular flexibility index (Phi) is 8.54. The van der Waals surface area contributed by atoms with Crippen LogP contribution in [0.1, 0.15) is 86.5 Å². The van der Waals surface area contributed by atoms with Crippen molar-refractivity contribution in [3.63, 3.8) is 0 Å². The number of hydrogen-bond donors (Lipinski definition) is 2. The van der Waals surface area contributed by atoms with Crippen molar-refractivity contribution in [1.82, 2.24) is 0 Å². The number of carbonyl (C=O) groups excluding carboxylic acids is 1. The minimum atomic E-state index is -1.52. The first kappa shape index (κ1) is 28.3. The molecule has 2 saturated heterocycles. The molecule has 3 aliphatic heterocycles. The van der Waals surface area contributed by atoms with Gasteiger partial charge < -0.3 is 24.4 Å². The zero-order chi connectivity index (χ0) is 27.0. The predicted molar refractivity (Wildman–Crippen MR) is 144 cm³/mol. The van der Waals surface area contributed by atoms with E-state index in [9.17, 15) is 15.0 Å². The number of hydrogen-bond acceptors (Lipinski definition) is 6. The summed E-state index contributed by atoms with van der Waals surface area (Å²) < 4.78 is 19.3. The van der Waals surface area contributed by atoms with Crippen LogP contribution in [0.2, 0.25) is 0 Å². The van der Waals surface area contributed by atoms with Crippen LogP contribution in [-0.2, 0) is 19.0 Å². The van der Waals surface area contributed by atoms with Crippen molar-refractivity contribution in [2.24, 2.45) is 17.8 Å². The van der Waals surface area contributed by atoms with Gasteiger partial charge in [-0.15, -0.1) is 0 Å². The van der Waals surface area contributed by atoms with E-state index in [4.69, 9.17) is 14.2 Å². The van der Waals surface area contributed by atoms with Crippen molar-refractivity contribution >= 4 is 5.97 Å². The molecule has 0 unspecified atom stereocenters. The molecule has 4 rings (SSSR count). The highest BCUT2D eigenvalue weighted by molar-refractivity contribution is 5.78. The largest absolute Gasteiger partial charge is 0.462 e. The Morgan fingerprint density at radius 1 is 1.05 bits per heavy atom. The molecule has 2 fully saturated rings. The predicted octanol–water partition coefficient (Wildman–Crippen LogP) is 5.55. The summed E-state index contributed by atoms with van der Waals surface area (Å²) in [4.78, 5) is 13.7. The summed E-state index contributed by atoms with van der Waals surface area (Å²) in [6.07, 6.45) is 13.2. The quantitative estimate of drug-likeness (QED) is 0.326. The lowest BCUT2D eigenvalue weighted by Crippen LogP contribution is -2.54. The van der Waals surface area contributed by atoms with Crippen LogP contribution < -0.4 is 0 Å². The Morgan fingerprint density at radius 3 is 2.54 bits per heavy atom. The Bertz CT molecular complexity index is 978. The number of ether oxygens (including phenoxy) is 3. The summed E-state index contributed by atoms with van der Waals surface area (Å²) in [6.45, 7) is 12.2. The van der Waals surface area contributed by atoms with E-state index < -0.39 is 29.4 Å². The van der Waals surface area contributed by atoms with Gasteiger partial charge in [0.1, 0.15) is 17.6 Å². The van der Waals surface area contributed by atoms with Gasteiger partial charge >= 0.3 is 5.97 Å². The fraction of sp³-hybridized carbons (Fsp3) is 0.710. The molecule has 37 heavy (non-hydrogen) atoms. The first-order valence-corrected chi connectivity index (χ1v) is 14.1. The smallest absolute Gasteiger partial charge is 0.316 e. The Balaban J connectivity index is 1.70. The molecule has 0 aromatic heterocycles. The molecule has 3 heterocycles. The van der Waals surface area contributed by atoms with Gasteiger partial charge in [0.2, 0.25) is 0 Å². The Morgan fingerprint density at radius 2 is 1.81 bits per heavy atom.